The fourth-order valence-electron chi connectivity index (χ4n) is 4.48. The van der Waals surface area contributed by atoms with Gasteiger partial charge in [0.25, 0.3) is 11.5 Å². The molecule has 5 rings (SSSR count). The van der Waals surface area contributed by atoms with Gasteiger partial charge in [0.2, 0.25) is 0 Å². The molecule has 0 radical (unpaired) electrons. The van der Waals surface area contributed by atoms with Crippen molar-refractivity contribution in [2.24, 2.45) is 0 Å². The topological polar surface area (TPSA) is 97.9 Å². The summed E-state index contributed by atoms with van der Waals surface area (Å²) in [5.41, 5.74) is 2.96. The molecule has 0 atom stereocenters. The summed E-state index contributed by atoms with van der Waals surface area (Å²) in [6.45, 7) is 1.72. The highest BCUT2D eigenvalue weighted by Gasteiger charge is 2.13. The Bertz CT molecular complexity index is 1870. The van der Waals surface area contributed by atoms with Crippen LogP contribution in [0.2, 0.25) is 0 Å². The smallest absolute Gasteiger partial charge is 0.266 e. The predicted molar refractivity (Wildman–Crippen MR) is 151 cm³/mol. The van der Waals surface area contributed by atoms with Gasteiger partial charge in [-0.15, -0.1) is 0 Å². The van der Waals surface area contributed by atoms with Crippen molar-refractivity contribution in [3.05, 3.63) is 100 Å². The van der Waals surface area contributed by atoms with Gasteiger partial charge in [0.05, 0.1) is 43.0 Å². The van der Waals surface area contributed by atoms with E-state index in [1.54, 1.807) is 6.20 Å². The van der Waals surface area contributed by atoms with E-state index < -0.39 is 23.1 Å². The Morgan fingerprint density at radius 2 is 1.85 bits per heavy atom. The van der Waals surface area contributed by atoms with E-state index in [-0.39, 0.29) is 18.7 Å². The summed E-state index contributed by atoms with van der Waals surface area (Å²) in [7, 11) is 4.09. The van der Waals surface area contributed by atoms with Crippen LogP contribution < -0.4 is 10.9 Å². The first-order chi connectivity index (χ1) is 19.8. The average Bonchev–Trinajstić information content (AvgIpc) is 3.37. The first-order valence-corrected chi connectivity index (χ1v) is 12.9. The van der Waals surface area contributed by atoms with Crippen molar-refractivity contribution in [3.63, 3.8) is 0 Å². The normalized spacial score (nSPS) is 11.1. The van der Waals surface area contributed by atoms with Gasteiger partial charge in [-0.05, 0) is 63.0 Å². The molecule has 11 heteroatoms. The Morgan fingerprint density at radius 3 is 2.66 bits per heavy atom. The van der Waals surface area contributed by atoms with Crippen molar-refractivity contribution < 1.29 is 13.6 Å². The maximum absolute atomic E-state index is 13.5. The molecule has 0 fully saturated rings. The molecule has 3 aromatic heterocycles. The van der Waals surface area contributed by atoms with E-state index in [9.17, 15) is 18.4 Å². The molecule has 2 aromatic carbocycles. The van der Waals surface area contributed by atoms with E-state index in [0.717, 1.165) is 69.9 Å². The van der Waals surface area contributed by atoms with Crippen molar-refractivity contribution in [1.82, 2.24) is 34.3 Å². The lowest BCUT2D eigenvalue weighted by molar-refractivity contribution is 0.0956. The van der Waals surface area contributed by atoms with Crippen LogP contribution >= 0.6 is 0 Å². The van der Waals surface area contributed by atoms with Gasteiger partial charge in [0, 0.05) is 23.7 Å². The largest absolute Gasteiger partial charge is 0.341 e. The van der Waals surface area contributed by atoms with Crippen LogP contribution in [0.5, 0.6) is 0 Å². The molecule has 0 saturated heterocycles. The van der Waals surface area contributed by atoms with Gasteiger partial charge < -0.3 is 14.8 Å². The summed E-state index contributed by atoms with van der Waals surface area (Å²) >= 11 is 0. The van der Waals surface area contributed by atoms with Crippen LogP contribution in [0.25, 0.3) is 21.9 Å². The fraction of sp³-hybridized carbons (Fsp3) is 0.233. The standard InChI is InChI=1S/C30H27F2N7O2/c1-37(2)11-4-12-38-19-36-27-16-35-26-9-7-20(13-22(26)28(27)38)5-3-10-34-29(40)23-15-33-18-39(30(23)41)17-21-6-8-24(31)25(32)14-21/h6-9,13-16,18-19H,4,10-12,17H2,1-2H3,(H,34,40). The lowest BCUT2D eigenvalue weighted by atomic mass is 10.1. The minimum Gasteiger partial charge on any atom is -0.341 e. The average molecular weight is 556 g/mol. The molecule has 0 aliphatic rings. The second kappa shape index (κ2) is 12.1. The van der Waals surface area contributed by atoms with E-state index >= 15 is 0 Å². The zero-order valence-corrected chi connectivity index (χ0v) is 22.6. The van der Waals surface area contributed by atoms with E-state index in [4.69, 9.17) is 0 Å². The number of fused-ring (bicyclic) bond motifs is 3. The molecule has 41 heavy (non-hydrogen) atoms. The third-order valence-electron chi connectivity index (χ3n) is 6.50. The molecule has 0 saturated carbocycles. The first-order valence-electron chi connectivity index (χ1n) is 12.9. The molecule has 3 heterocycles. The number of benzene rings is 2. The Labute approximate surface area is 234 Å². The van der Waals surface area contributed by atoms with Crippen LogP contribution in [0.15, 0.2) is 66.2 Å². The number of nitrogens with zero attached hydrogens (tertiary/aromatic N) is 6. The van der Waals surface area contributed by atoms with Crippen molar-refractivity contribution >= 4 is 27.8 Å². The molecule has 5 aromatic rings. The third kappa shape index (κ3) is 6.28. The van der Waals surface area contributed by atoms with Crippen LogP contribution in [-0.2, 0) is 13.1 Å². The van der Waals surface area contributed by atoms with Crippen molar-refractivity contribution in [3.8, 4) is 11.8 Å². The summed E-state index contributed by atoms with van der Waals surface area (Å²) in [5, 5.41) is 3.56. The third-order valence-corrected chi connectivity index (χ3v) is 6.50. The number of hydrogen-bond donors (Lipinski definition) is 1. The zero-order chi connectivity index (χ0) is 28.9. The molecule has 0 aliphatic carbocycles. The number of aryl methyl sites for hydroxylation is 1. The molecule has 0 bridgehead atoms. The number of nitrogens with one attached hydrogen (secondary N) is 1. The lowest BCUT2D eigenvalue weighted by Gasteiger charge is -2.10. The van der Waals surface area contributed by atoms with Gasteiger partial charge >= 0.3 is 0 Å². The first kappa shape index (κ1) is 27.6. The summed E-state index contributed by atoms with van der Waals surface area (Å²) in [5.74, 6) is 3.33. The highest BCUT2D eigenvalue weighted by molar-refractivity contribution is 6.02. The van der Waals surface area contributed by atoms with Gasteiger partial charge in [0.15, 0.2) is 11.6 Å². The van der Waals surface area contributed by atoms with Crippen LogP contribution in [0.3, 0.4) is 0 Å². The van der Waals surface area contributed by atoms with E-state index in [0.29, 0.717) is 5.56 Å². The predicted octanol–water partition coefficient (Wildman–Crippen LogP) is 3.20. The van der Waals surface area contributed by atoms with Crippen molar-refractivity contribution in [2.45, 2.75) is 19.5 Å². The second-order valence-electron chi connectivity index (χ2n) is 9.79. The monoisotopic (exact) mass is 555 g/mol. The Kier molecular flexibility index (Phi) is 8.12. The molecule has 208 valence electrons. The molecule has 0 unspecified atom stereocenters. The Morgan fingerprint density at radius 1 is 1.00 bits per heavy atom. The van der Waals surface area contributed by atoms with E-state index in [1.807, 2.05) is 38.6 Å². The number of carbonyl (C=O) groups excluding carboxylic acids is 1. The maximum atomic E-state index is 13.5. The molecular formula is C30H27F2N7O2. The highest BCUT2D eigenvalue weighted by Crippen LogP contribution is 2.24. The number of carbonyl (C=O) groups is 1. The molecule has 0 aliphatic heterocycles. The zero-order valence-electron chi connectivity index (χ0n) is 22.6. The van der Waals surface area contributed by atoms with E-state index in [2.05, 4.69) is 41.6 Å². The summed E-state index contributed by atoms with van der Waals surface area (Å²) in [6, 6.07) is 9.06. The number of rotatable bonds is 8. The van der Waals surface area contributed by atoms with Crippen molar-refractivity contribution in [2.75, 3.05) is 27.2 Å². The lowest BCUT2D eigenvalue weighted by Crippen LogP contribution is -2.33. The fourth-order valence-corrected chi connectivity index (χ4v) is 4.48. The highest BCUT2D eigenvalue weighted by atomic mass is 19.2. The number of imidazole rings is 1. The molecule has 1 N–H and O–H groups in total. The number of aromatic nitrogens is 5. The minimum atomic E-state index is -1.02. The van der Waals surface area contributed by atoms with Gasteiger partial charge in [-0.25, -0.2) is 18.7 Å². The molecule has 0 spiro atoms. The summed E-state index contributed by atoms with van der Waals surface area (Å²) in [4.78, 5) is 40.6. The van der Waals surface area contributed by atoms with Gasteiger partial charge in [0.1, 0.15) is 11.1 Å². The molecule has 1 amide bonds. The van der Waals surface area contributed by atoms with Crippen LogP contribution in [0.4, 0.5) is 8.78 Å². The van der Waals surface area contributed by atoms with Crippen LogP contribution in [0, 0.1) is 23.5 Å². The van der Waals surface area contributed by atoms with E-state index in [1.165, 1.54) is 12.4 Å². The maximum Gasteiger partial charge on any atom is 0.266 e. The van der Waals surface area contributed by atoms with Gasteiger partial charge in [-0.3, -0.25) is 19.1 Å². The quantitative estimate of drug-likeness (QED) is 0.296. The molecule has 9 nitrogen and oxygen atoms in total. The SMILES string of the molecule is CN(C)CCCn1cnc2cnc3ccc(C#CCNC(=O)c4cncn(Cc5ccc(F)c(F)c5)c4=O)cc3c21. The summed E-state index contributed by atoms with van der Waals surface area (Å²) in [6.07, 6.45) is 6.98. The number of hydrogen-bond acceptors (Lipinski definition) is 6. The molecular weight excluding hydrogens is 528 g/mol. The Hall–Kier alpha value is -4.95. The second-order valence-corrected chi connectivity index (χ2v) is 9.79. The van der Waals surface area contributed by atoms with Gasteiger partial charge in [-0.2, -0.15) is 0 Å². The van der Waals surface area contributed by atoms with Crippen LogP contribution in [-0.4, -0.2) is 62.1 Å². The summed E-state index contributed by atoms with van der Waals surface area (Å²) < 4.78 is 30.0. The van der Waals surface area contributed by atoms with Gasteiger partial charge in [-0.1, -0.05) is 17.9 Å². The van der Waals surface area contributed by atoms with Crippen molar-refractivity contribution in [1.29, 1.82) is 0 Å². The number of pyridine rings is 1. The minimum absolute atomic E-state index is 0.000698. The Balaban J connectivity index is 1.29. The number of amides is 1. The number of halogens is 2. The van der Waals surface area contributed by atoms with Crippen LogP contribution in [0.1, 0.15) is 27.9 Å².